The Morgan fingerprint density at radius 2 is 2.18 bits per heavy atom. The zero-order valence-corrected chi connectivity index (χ0v) is 7.51. The van der Waals surface area contributed by atoms with Crippen LogP contribution in [-0.2, 0) is 4.57 Å². The molecule has 1 aromatic heterocycles. The molecule has 1 heterocycles. The largest absolute Gasteiger partial charge is 0.399 e. The van der Waals surface area contributed by atoms with Gasteiger partial charge in [0.25, 0.3) is 0 Å². The number of pyridine rings is 1. The highest BCUT2D eigenvalue weighted by molar-refractivity contribution is 7.69. The molecular weight excluding hydrogens is 159 g/mol. The summed E-state index contributed by atoms with van der Waals surface area (Å²) in [6, 6.07) is 3.33. The molecule has 60 valence electrons. The molecule has 1 rings (SSSR count). The first-order valence-corrected chi connectivity index (χ1v) is 5.87. The molecule has 0 atom stereocenters. The minimum absolute atomic E-state index is 0.595. The smallest absolute Gasteiger partial charge is 0.127 e. The first-order valence-electron chi connectivity index (χ1n) is 3.27. The summed E-state index contributed by atoms with van der Waals surface area (Å²) in [4.78, 5) is 3.97. The number of nitrogen functional groups attached to an aromatic ring is 1. The van der Waals surface area contributed by atoms with Crippen LogP contribution in [-0.4, -0.2) is 18.3 Å². The quantitative estimate of drug-likeness (QED) is 0.637. The van der Waals surface area contributed by atoms with Crippen LogP contribution in [0.3, 0.4) is 0 Å². The lowest BCUT2D eigenvalue weighted by molar-refractivity contribution is 0.588. The van der Waals surface area contributed by atoms with Crippen LogP contribution < -0.4 is 11.2 Å². The standard InChI is InChI=1S/C7H11N2OP/c1-11(2,10)7-5-6(8)3-4-9-7/h3-5H,1-2H3,(H2,8,9). The highest BCUT2D eigenvalue weighted by Crippen LogP contribution is 2.33. The highest BCUT2D eigenvalue weighted by Gasteiger charge is 2.11. The molecular formula is C7H11N2OP. The summed E-state index contributed by atoms with van der Waals surface area (Å²) in [5.74, 6) is 0. The predicted octanol–water partition coefficient (Wildman–Crippen LogP) is 0.912. The van der Waals surface area contributed by atoms with Crippen molar-refractivity contribution in [2.24, 2.45) is 0 Å². The maximum Gasteiger partial charge on any atom is 0.127 e. The van der Waals surface area contributed by atoms with Crippen molar-refractivity contribution in [2.75, 3.05) is 19.1 Å². The van der Waals surface area contributed by atoms with Crippen LogP contribution in [0.25, 0.3) is 0 Å². The lowest BCUT2D eigenvalue weighted by Crippen LogP contribution is -2.08. The van der Waals surface area contributed by atoms with Gasteiger partial charge in [-0.1, -0.05) is 0 Å². The van der Waals surface area contributed by atoms with Crippen molar-refractivity contribution in [1.82, 2.24) is 4.98 Å². The normalized spacial score (nSPS) is 11.5. The number of hydrogen-bond donors (Lipinski definition) is 1. The van der Waals surface area contributed by atoms with Crippen molar-refractivity contribution in [2.45, 2.75) is 0 Å². The number of nitrogens with two attached hydrogens (primary N) is 1. The molecule has 2 N–H and O–H groups in total. The summed E-state index contributed by atoms with van der Waals surface area (Å²) in [5.41, 5.74) is 6.70. The predicted molar refractivity (Wildman–Crippen MR) is 47.7 cm³/mol. The van der Waals surface area contributed by atoms with Gasteiger partial charge in [-0.2, -0.15) is 0 Å². The molecule has 3 nitrogen and oxygen atoms in total. The van der Waals surface area contributed by atoms with Gasteiger partial charge in [0.15, 0.2) is 0 Å². The Morgan fingerprint density at radius 1 is 1.55 bits per heavy atom. The fourth-order valence-corrected chi connectivity index (χ4v) is 1.53. The lowest BCUT2D eigenvalue weighted by atomic mass is 10.4. The molecule has 0 spiro atoms. The third kappa shape index (κ3) is 2.05. The zero-order valence-electron chi connectivity index (χ0n) is 6.61. The van der Waals surface area contributed by atoms with E-state index in [0.717, 1.165) is 0 Å². The van der Waals surface area contributed by atoms with Gasteiger partial charge in [-0.3, -0.25) is 4.98 Å². The zero-order chi connectivity index (χ0) is 8.48. The number of nitrogens with zero attached hydrogens (tertiary/aromatic N) is 1. The van der Waals surface area contributed by atoms with Gasteiger partial charge in [-0.15, -0.1) is 0 Å². The van der Waals surface area contributed by atoms with Gasteiger partial charge in [-0.05, 0) is 25.5 Å². The van der Waals surface area contributed by atoms with E-state index >= 15 is 0 Å². The van der Waals surface area contributed by atoms with E-state index in [9.17, 15) is 4.57 Å². The summed E-state index contributed by atoms with van der Waals surface area (Å²) >= 11 is 0. The highest BCUT2D eigenvalue weighted by atomic mass is 31.2. The molecule has 0 aromatic carbocycles. The summed E-state index contributed by atoms with van der Waals surface area (Å²) in [5, 5.41) is 0. The Morgan fingerprint density at radius 3 is 2.55 bits per heavy atom. The van der Waals surface area contributed by atoms with E-state index in [4.69, 9.17) is 5.73 Å². The van der Waals surface area contributed by atoms with E-state index in [0.29, 0.717) is 11.1 Å². The Hall–Kier alpha value is -0.820. The van der Waals surface area contributed by atoms with Crippen LogP contribution in [0, 0.1) is 0 Å². The van der Waals surface area contributed by atoms with Gasteiger partial charge in [0.1, 0.15) is 12.6 Å². The Bertz CT molecular complexity index is 305. The van der Waals surface area contributed by atoms with Crippen molar-refractivity contribution in [3.63, 3.8) is 0 Å². The van der Waals surface area contributed by atoms with Crippen LogP contribution in [0.15, 0.2) is 18.3 Å². The second-order valence-corrected chi connectivity index (χ2v) is 5.96. The molecule has 0 aliphatic carbocycles. The SMILES string of the molecule is CP(C)(=O)c1cc(N)ccn1. The Kier molecular flexibility index (Phi) is 2.01. The lowest BCUT2D eigenvalue weighted by Gasteiger charge is -2.04. The van der Waals surface area contributed by atoms with Gasteiger partial charge < -0.3 is 10.3 Å². The molecule has 0 unspecified atom stereocenters. The molecule has 0 amide bonds. The molecule has 1 aromatic rings. The van der Waals surface area contributed by atoms with Crippen LogP contribution in [0.1, 0.15) is 0 Å². The molecule has 11 heavy (non-hydrogen) atoms. The summed E-state index contributed by atoms with van der Waals surface area (Å²) in [6.07, 6.45) is 1.57. The third-order valence-corrected chi connectivity index (χ3v) is 2.67. The maximum absolute atomic E-state index is 11.5. The third-order valence-electron chi connectivity index (χ3n) is 1.32. The summed E-state index contributed by atoms with van der Waals surface area (Å²) < 4.78 is 11.5. The van der Waals surface area contributed by atoms with Crippen molar-refractivity contribution >= 4 is 18.3 Å². The van der Waals surface area contributed by atoms with E-state index in [-0.39, 0.29) is 0 Å². The summed E-state index contributed by atoms with van der Waals surface area (Å²) in [6.45, 7) is 3.35. The van der Waals surface area contributed by atoms with Gasteiger partial charge in [0, 0.05) is 11.9 Å². The average molecular weight is 170 g/mol. The van der Waals surface area contributed by atoms with Crippen LogP contribution >= 0.6 is 7.14 Å². The average Bonchev–Trinajstić information content (AvgIpc) is 1.86. The second kappa shape index (κ2) is 2.67. The van der Waals surface area contributed by atoms with Crippen LogP contribution in [0.5, 0.6) is 0 Å². The fraction of sp³-hybridized carbons (Fsp3) is 0.286. The fourth-order valence-electron chi connectivity index (χ4n) is 0.729. The van der Waals surface area contributed by atoms with E-state index in [1.807, 2.05) is 0 Å². The van der Waals surface area contributed by atoms with Gasteiger partial charge in [0.2, 0.25) is 0 Å². The Labute approximate surface area is 66.0 Å². The molecule has 0 aliphatic heterocycles. The van der Waals surface area contributed by atoms with E-state index in [1.165, 1.54) is 0 Å². The molecule has 0 saturated carbocycles. The van der Waals surface area contributed by atoms with E-state index in [2.05, 4.69) is 4.98 Å². The van der Waals surface area contributed by atoms with Crippen molar-refractivity contribution < 1.29 is 4.57 Å². The van der Waals surface area contributed by atoms with Crippen LogP contribution in [0.2, 0.25) is 0 Å². The van der Waals surface area contributed by atoms with Gasteiger partial charge in [-0.25, -0.2) is 0 Å². The number of aromatic nitrogens is 1. The first kappa shape index (κ1) is 8.28. The van der Waals surface area contributed by atoms with Crippen molar-refractivity contribution in [3.05, 3.63) is 18.3 Å². The van der Waals surface area contributed by atoms with E-state index < -0.39 is 7.14 Å². The summed E-state index contributed by atoms with van der Waals surface area (Å²) in [7, 11) is -2.24. The molecule has 0 bridgehead atoms. The number of rotatable bonds is 1. The maximum atomic E-state index is 11.5. The molecule has 0 radical (unpaired) electrons. The molecule has 4 heteroatoms. The van der Waals surface area contributed by atoms with Crippen molar-refractivity contribution in [1.29, 1.82) is 0 Å². The van der Waals surface area contributed by atoms with Crippen LogP contribution in [0.4, 0.5) is 5.69 Å². The van der Waals surface area contributed by atoms with Gasteiger partial charge in [0.05, 0.1) is 0 Å². The first-order chi connectivity index (χ1) is 5.00. The molecule has 0 fully saturated rings. The minimum Gasteiger partial charge on any atom is -0.399 e. The van der Waals surface area contributed by atoms with E-state index in [1.54, 1.807) is 31.7 Å². The molecule has 0 saturated heterocycles. The Balaban J connectivity index is 3.17. The second-order valence-electron chi connectivity index (χ2n) is 2.80. The molecule has 0 aliphatic rings. The monoisotopic (exact) mass is 170 g/mol. The van der Waals surface area contributed by atoms with Crippen molar-refractivity contribution in [3.8, 4) is 0 Å². The number of anilines is 1. The minimum atomic E-state index is -2.24. The number of hydrogen-bond acceptors (Lipinski definition) is 3. The van der Waals surface area contributed by atoms with Gasteiger partial charge >= 0.3 is 0 Å². The topological polar surface area (TPSA) is 56.0 Å².